The summed E-state index contributed by atoms with van der Waals surface area (Å²) in [5, 5.41) is 10.1. The molecule has 0 atom stereocenters. The first kappa shape index (κ1) is 21.8. The molecule has 0 bridgehead atoms. The second-order valence-corrected chi connectivity index (χ2v) is 8.21. The number of benzene rings is 1. The van der Waals surface area contributed by atoms with Crippen molar-refractivity contribution in [2.45, 2.75) is 13.3 Å². The van der Waals surface area contributed by atoms with Crippen molar-refractivity contribution in [1.82, 2.24) is 24.9 Å². The van der Waals surface area contributed by atoms with E-state index in [-0.39, 0.29) is 11.8 Å². The summed E-state index contributed by atoms with van der Waals surface area (Å²) >= 11 is 1.74. The number of halogens is 1. The molecular formula is C23H23FN6OS. The van der Waals surface area contributed by atoms with E-state index in [0.717, 1.165) is 29.0 Å². The minimum atomic E-state index is -0.304. The number of aromatic nitrogens is 4. The van der Waals surface area contributed by atoms with Crippen LogP contribution in [0.3, 0.4) is 0 Å². The second-order valence-electron chi connectivity index (χ2n) is 7.22. The van der Waals surface area contributed by atoms with Gasteiger partial charge in [-0.1, -0.05) is 0 Å². The number of urea groups is 1. The van der Waals surface area contributed by atoms with Gasteiger partial charge in [0.25, 0.3) is 0 Å². The number of amides is 2. The van der Waals surface area contributed by atoms with Crippen LogP contribution in [0.15, 0.2) is 54.9 Å². The average molecular weight is 451 g/mol. The fourth-order valence-electron chi connectivity index (χ4n) is 3.37. The summed E-state index contributed by atoms with van der Waals surface area (Å²) in [5.74, 6) is 1.13. The first-order valence-electron chi connectivity index (χ1n) is 10.2. The molecule has 0 unspecified atom stereocenters. The first-order chi connectivity index (χ1) is 15.6. The van der Waals surface area contributed by atoms with Crippen LogP contribution in [-0.2, 0) is 0 Å². The van der Waals surface area contributed by atoms with Crippen molar-refractivity contribution in [2.75, 3.05) is 23.9 Å². The number of carbonyl (C=O) groups excluding carboxylic acids is 1. The SMILES string of the molecule is CSCCCNC(=O)Nc1cc(-c2c(-c3ccc(F)c(C)c3)nc3cccnn23)ccn1. The topological polar surface area (TPSA) is 84.2 Å². The summed E-state index contributed by atoms with van der Waals surface area (Å²) in [4.78, 5) is 21.2. The maximum Gasteiger partial charge on any atom is 0.320 e. The van der Waals surface area contributed by atoms with Gasteiger partial charge in [-0.3, -0.25) is 5.32 Å². The summed E-state index contributed by atoms with van der Waals surface area (Å²) in [7, 11) is 0. The zero-order valence-corrected chi connectivity index (χ0v) is 18.6. The average Bonchev–Trinajstić information content (AvgIpc) is 3.18. The van der Waals surface area contributed by atoms with Gasteiger partial charge < -0.3 is 5.32 Å². The Morgan fingerprint density at radius 2 is 2.03 bits per heavy atom. The number of imidazole rings is 1. The highest BCUT2D eigenvalue weighted by Gasteiger charge is 2.18. The molecule has 4 aromatic rings. The zero-order chi connectivity index (χ0) is 22.5. The molecule has 0 aliphatic carbocycles. The Balaban J connectivity index is 1.69. The number of hydrogen-bond acceptors (Lipinski definition) is 5. The maximum absolute atomic E-state index is 13.9. The van der Waals surface area contributed by atoms with E-state index in [2.05, 4.69) is 20.7 Å². The Morgan fingerprint density at radius 1 is 1.16 bits per heavy atom. The summed E-state index contributed by atoms with van der Waals surface area (Å²) in [6, 6.07) is 11.9. The summed E-state index contributed by atoms with van der Waals surface area (Å²) < 4.78 is 15.6. The minimum absolute atomic E-state index is 0.267. The summed E-state index contributed by atoms with van der Waals surface area (Å²) in [5.41, 5.74) is 4.16. The van der Waals surface area contributed by atoms with E-state index in [1.54, 1.807) is 53.8 Å². The van der Waals surface area contributed by atoms with E-state index in [9.17, 15) is 9.18 Å². The van der Waals surface area contributed by atoms with Crippen molar-refractivity contribution >= 4 is 29.3 Å². The van der Waals surface area contributed by atoms with Crippen molar-refractivity contribution in [1.29, 1.82) is 0 Å². The van der Waals surface area contributed by atoms with Crippen LogP contribution < -0.4 is 10.6 Å². The second kappa shape index (κ2) is 9.78. The molecule has 0 fully saturated rings. The van der Waals surface area contributed by atoms with Gasteiger partial charge in [-0.15, -0.1) is 0 Å². The number of hydrogen-bond donors (Lipinski definition) is 2. The number of anilines is 1. The molecule has 9 heteroatoms. The molecule has 3 aromatic heterocycles. The van der Waals surface area contributed by atoms with E-state index < -0.39 is 0 Å². The van der Waals surface area contributed by atoms with E-state index in [1.807, 2.05) is 24.5 Å². The fourth-order valence-corrected chi connectivity index (χ4v) is 3.80. The molecule has 1 aromatic carbocycles. The minimum Gasteiger partial charge on any atom is -0.338 e. The Morgan fingerprint density at radius 3 is 2.84 bits per heavy atom. The van der Waals surface area contributed by atoms with Crippen LogP contribution in [0.4, 0.5) is 15.0 Å². The lowest BCUT2D eigenvalue weighted by Gasteiger charge is -2.09. The third-order valence-electron chi connectivity index (χ3n) is 4.91. The first-order valence-corrected chi connectivity index (χ1v) is 11.6. The zero-order valence-electron chi connectivity index (χ0n) is 17.8. The number of pyridine rings is 1. The van der Waals surface area contributed by atoms with Crippen molar-refractivity contribution in [3.63, 3.8) is 0 Å². The van der Waals surface area contributed by atoms with E-state index >= 15 is 0 Å². The number of thioether (sulfide) groups is 1. The van der Waals surface area contributed by atoms with Crippen LogP contribution in [-0.4, -0.2) is 44.2 Å². The van der Waals surface area contributed by atoms with Crippen LogP contribution in [0.1, 0.15) is 12.0 Å². The lowest BCUT2D eigenvalue weighted by atomic mass is 10.0. The molecule has 32 heavy (non-hydrogen) atoms. The molecule has 3 heterocycles. The smallest absolute Gasteiger partial charge is 0.320 e. The number of nitrogens with zero attached hydrogens (tertiary/aromatic N) is 4. The van der Waals surface area contributed by atoms with Gasteiger partial charge in [-0.25, -0.2) is 23.7 Å². The Hall–Kier alpha value is -3.46. The van der Waals surface area contributed by atoms with Crippen LogP contribution in [0.5, 0.6) is 0 Å². The highest BCUT2D eigenvalue weighted by atomic mass is 32.2. The van der Waals surface area contributed by atoms with Gasteiger partial charge in [0.15, 0.2) is 5.65 Å². The van der Waals surface area contributed by atoms with E-state index in [1.165, 1.54) is 6.07 Å². The third-order valence-corrected chi connectivity index (χ3v) is 5.61. The Kier molecular flexibility index (Phi) is 6.65. The fraction of sp³-hybridized carbons (Fsp3) is 0.217. The molecule has 164 valence electrons. The molecule has 0 radical (unpaired) electrons. The van der Waals surface area contributed by atoms with Gasteiger partial charge in [-0.05, 0) is 73.4 Å². The predicted molar refractivity (Wildman–Crippen MR) is 126 cm³/mol. The summed E-state index contributed by atoms with van der Waals surface area (Å²) in [6.07, 6.45) is 6.24. The van der Waals surface area contributed by atoms with Gasteiger partial charge in [0.2, 0.25) is 0 Å². The predicted octanol–water partition coefficient (Wildman–Crippen LogP) is 4.78. The lowest BCUT2D eigenvalue weighted by molar-refractivity contribution is 0.252. The van der Waals surface area contributed by atoms with Gasteiger partial charge >= 0.3 is 6.03 Å². The van der Waals surface area contributed by atoms with Crippen molar-refractivity contribution < 1.29 is 9.18 Å². The van der Waals surface area contributed by atoms with Gasteiger partial charge in [0.05, 0.1) is 5.69 Å². The number of carbonyl (C=O) groups is 1. The Labute approximate surface area is 189 Å². The third kappa shape index (κ3) is 4.72. The van der Waals surface area contributed by atoms with Crippen LogP contribution >= 0.6 is 11.8 Å². The lowest BCUT2D eigenvalue weighted by Crippen LogP contribution is -2.30. The number of nitrogens with one attached hydrogen (secondary N) is 2. The standard InChI is InChI=1S/C23H23FN6OS/c1-15-13-16(6-7-18(15)24)21-22(30-20(29-21)5-3-10-27-30)17-8-11-25-19(14-17)28-23(31)26-9-4-12-32-2/h3,5-8,10-11,13-14H,4,9,12H2,1-2H3,(H2,25,26,28,31). The molecule has 0 saturated carbocycles. The number of fused-ring (bicyclic) bond motifs is 1. The van der Waals surface area contributed by atoms with Crippen LogP contribution in [0, 0.1) is 12.7 Å². The molecule has 0 saturated heterocycles. The van der Waals surface area contributed by atoms with Crippen LogP contribution in [0.2, 0.25) is 0 Å². The monoisotopic (exact) mass is 450 g/mol. The molecule has 2 N–H and O–H groups in total. The summed E-state index contributed by atoms with van der Waals surface area (Å²) in [6.45, 7) is 2.32. The highest BCUT2D eigenvalue weighted by Crippen LogP contribution is 2.33. The maximum atomic E-state index is 13.9. The van der Waals surface area contributed by atoms with Crippen molar-refractivity contribution in [3.05, 3.63) is 66.2 Å². The van der Waals surface area contributed by atoms with Crippen LogP contribution in [0.25, 0.3) is 28.2 Å². The molecule has 4 rings (SSSR count). The molecular weight excluding hydrogens is 427 g/mol. The normalized spacial score (nSPS) is 11.0. The molecule has 0 spiro atoms. The Bertz CT molecular complexity index is 1260. The molecule has 0 aliphatic heterocycles. The molecule has 7 nitrogen and oxygen atoms in total. The quantitative estimate of drug-likeness (QED) is 0.396. The van der Waals surface area contributed by atoms with Crippen molar-refractivity contribution in [3.8, 4) is 22.5 Å². The van der Waals surface area contributed by atoms with E-state index in [4.69, 9.17) is 4.98 Å². The molecule has 0 aliphatic rings. The van der Waals surface area contributed by atoms with E-state index in [0.29, 0.717) is 29.3 Å². The van der Waals surface area contributed by atoms with Gasteiger partial charge in [0.1, 0.15) is 17.3 Å². The molecule has 2 amide bonds. The number of aryl methyl sites for hydroxylation is 1. The van der Waals surface area contributed by atoms with Gasteiger partial charge in [-0.2, -0.15) is 16.9 Å². The van der Waals surface area contributed by atoms with Crippen molar-refractivity contribution in [2.24, 2.45) is 0 Å². The van der Waals surface area contributed by atoms with Gasteiger partial charge in [0, 0.05) is 30.1 Å². The number of rotatable bonds is 7. The highest BCUT2D eigenvalue weighted by molar-refractivity contribution is 7.98. The largest absolute Gasteiger partial charge is 0.338 e.